The number of nitrogens with one attached hydrogen (secondary N) is 1. The van der Waals surface area contributed by atoms with Crippen molar-refractivity contribution in [3.8, 4) is 5.75 Å². The predicted molar refractivity (Wildman–Crippen MR) is 139 cm³/mol. The summed E-state index contributed by atoms with van der Waals surface area (Å²) in [4.78, 5) is 26.1. The molecule has 0 spiro atoms. The van der Waals surface area contributed by atoms with Gasteiger partial charge in [-0.25, -0.2) is 0 Å². The molecular formula is C26H37ClN2O8. The van der Waals surface area contributed by atoms with Gasteiger partial charge in [-0.05, 0) is 56.2 Å². The molecule has 11 heteroatoms. The standard InChI is InChI=1S/C26H37ClN2O8/c27-19-8-7-9-21(16-19)36-18-20(30)12-13-23-22(24(31)17-25(23)32)10-3-1-2-4-11-26(33)28-14-5-6-15-37-29(34)35/h1,3,7-9,12-13,16,20,22-25,30-32H,2,4-6,10-11,14-15,17-18H2,(H,28,33)/b3-1-,13-12+/t20-,22-,23-,24+,25-/m1/s1. The highest BCUT2D eigenvalue weighted by Gasteiger charge is 2.39. The van der Waals surface area contributed by atoms with Gasteiger partial charge in [0.25, 0.3) is 5.09 Å². The summed E-state index contributed by atoms with van der Waals surface area (Å²) < 4.78 is 5.54. The lowest BCUT2D eigenvalue weighted by Gasteiger charge is -2.19. The Kier molecular flexibility index (Phi) is 14.0. The number of benzene rings is 1. The number of allylic oxidation sites excluding steroid dienone is 2. The number of carbonyl (C=O) groups excluding carboxylic acids is 1. The molecule has 4 N–H and O–H groups in total. The van der Waals surface area contributed by atoms with Crippen LogP contribution in [0.15, 0.2) is 48.6 Å². The summed E-state index contributed by atoms with van der Waals surface area (Å²) in [5, 5.41) is 43.5. The van der Waals surface area contributed by atoms with Crippen LogP contribution in [0.5, 0.6) is 5.75 Å². The molecule has 1 aliphatic rings. The Hall–Kier alpha value is -2.66. The Morgan fingerprint density at radius 3 is 2.81 bits per heavy atom. The fourth-order valence-corrected chi connectivity index (χ4v) is 4.37. The first-order chi connectivity index (χ1) is 17.8. The lowest BCUT2D eigenvalue weighted by Crippen LogP contribution is -2.24. The molecule has 10 nitrogen and oxygen atoms in total. The number of halogens is 1. The summed E-state index contributed by atoms with van der Waals surface area (Å²) in [6.45, 7) is 0.514. The van der Waals surface area contributed by atoms with E-state index < -0.39 is 23.4 Å². The topological polar surface area (TPSA) is 151 Å². The van der Waals surface area contributed by atoms with E-state index in [4.69, 9.17) is 16.3 Å². The van der Waals surface area contributed by atoms with Crippen molar-refractivity contribution in [2.24, 2.45) is 11.8 Å². The molecule has 0 saturated heterocycles. The molecule has 0 heterocycles. The van der Waals surface area contributed by atoms with Crippen molar-refractivity contribution in [2.75, 3.05) is 19.8 Å². The third kappa shape index (κ3) is 12.4. The molecule has 0 aliphatic heterocycles. The molecule has 1 saturated carbocycles. The quantitative estimate of drug-likeness (QED) is 0.102. The lowest BCUT2D eigenvalue weighted by atomic mass is 9.89. The number of amides is 1. The number of aliphatic hydroxyl groups excluding tert-OH is 3. The van der Waals surface area contributed by atoms with Gasteiger partial charge in [-0.1, -0.05) is 42.0 Å². The molecule has 1 amide bonds. The highest BCUT2D eigenvalue weighted by Crippen LogP contribution is 2.36. The zero-order chi connectivity index (χ0) is 27.0. The molecule has 1 aromatic rings. The normalized spacial score (nSPS) is 22.4. The van der Waals surface area contributed by atoms with E-state index in [1.807, 2.05) is 12.2 Å². The van der Waals surface area contributed by atoms with E-state index in [2.05, 4.69) is 10.2 Å². The van der Waals surface area contributed by atoms with Gasteiger partial charge >= 0.3 is 0 Å². The summed E-state index contributed by atoms with van der Waals surface area (Å²) in [6, 6.07) is 6.89. The van der Waals surface area contributed by atoms with E-state index >= 15 is 0 Å². The van der Waals surface area contributed by atoms with Crippen molar-refractivity contribution in [2.45, 2.75) is 63.3 Å². The van der Waals surface area contributed by atoms with Crippen LogP contribution in [0, 0.1) is 22.0 Å². The monoisotopic (exact) mass is 540 g/mol. The largest absolute Gasteiger partial charge is 0.491 e. The second-order valence-corrected chi connectivity index (χ2v) is 9.48. The summed E-state index contributed by atoms with van der Waals surface area (Å²) in [6.07, 6.45) is 8.75. The average molecular weight is 541 g/mol. The van der Waals surface area contributed by atoms with Gasteiger partial charge in [0.15, 0.2) is 0 Å². The fraction of sp³-hybridized carbons (Fsp3) is 0.577. The van der Waals surface area contributed by atoms with Crippen molar-refractivity contribution < 1.29 is 34.8 Å². The molecule has 0 unspecified atom stereocenters. The van der Waals surface area contributed by atoms with Crippen LogP contribution >= 0.6 is 11.6 Å². The van der Waals surface area contributed by atoms with E-state index in [0.717, 1.165) is 0 Å². The van der Waals surface area contributed by atoms with E-state index in [9.17, 15) is 30.2 Å². The van der Waals surface area contributed by atoms with Crippen molar-refractivity contribution in [3.05, 3.63) is 63.7 Å². The van der Waals surface area contributed by atoms with Crippen molar-refractivity contribution >= 4 is 17.5 Å². The Bertz CT molecular complexity index is 897. The number of rotatable bonds is 17. The van der Waals surface area contributed by atoms with Crippen LogP contribution < -0.4 is 10.1 Å². The first kappa shape index (κ1) is 30.6. The van der Waals surface area contributed by atoms with Gasteiger partial charge < -0.3 is 30.2 Å². The maximum atomic E-state index is 11.8. The summed E-state index contributed by atoms with van der Waals surface area (Å²) >= 11 is 5.93. The molecule has 2 rings (SSSR count). The molecule has 206 valence electrons. The minimum absolute atomic E-state index is 0.0238. The fourth-order valence-electron chi connectivity index (χ4n) is 4.19. The molecule has 0 bridgehead atoms. The van der Waals surface area contributed by atoms with Gasteiger partial charge in [0.2, 0.25) is 5.91 Å². The maximum absolute atomic E-state index is 11.8. The number of carbonyl (C=O) groups is 1. The van der Waals surface area contributed by atoms with Crippen molar-refractivity contribution in [1.29, 1.82) is 0 Å². The van der Waals surface area contributed by atoms with Crippen LogP contribution in [-0.4, -0.2) is 64.4 Å². The Morgan fingerprint density at radius 2 is 2.05 bits per heavy atom. The van der Waals surface area contributed by atoms with Gasteiger partial charge in [0.05, 0.1) is 18.8 Å². The zero-order valence-corrected chi connectivity index (χ0v) is 21.5. The molecule has 0 aromatic heterocycles. The number of hydrogen-bond donors (Lipinski definition) is 4. The Balaban J connectivity index is 1.66. The zero-order valence-electron chi connectivity index (χ0n) is 20.8. The van der Waals surface area contributed by atoms with E-state index in [1.54, 1.807) is 36.4 Å². The van der Waals surface area contributed by atoms with E-state index in [1.165, 1.54) is 0 Å². The molecule has 37 heavy (non-hydrogen) atoms. The third-order valence-corrected chi connectivity index (χ3v) is 6.36. The van der Waals surface area contributed by atoms with Crippen LogP contribution in [0.1, 0.15) is 44.9 Å². The molecular weight excluding hydrogens is 504 g/mol. The van der Waals surface area contributed by atoms with Crippen LogP contribution in [0.3, 0.4) is 0 Å². The smallest absolute Gasteiger partial charge is 0.294 e. The second kappa shape index (κ2) is 17.0. The van der Waals surface area contributed by atoms with Gasteiger partial charge in [-0.2, -0.15) is 0 Å². The highest BCUT2D eigenvalue weighted by molar-refractivity contribution is 6.30. The van der Waals surface area contributed by atoms with Crippen LogP contribution in [0.2, 0.25) is 5.02 Å². The third-order valence-electron chi connectivity index (χ3n) is 6.13. The minimum Gasteiger partial charge on any atom is -0.491 e. The molecule has 1 aliphatic carbocycles. The second-order valence-electron chi connectivity index (χ2n) is 9.05. The number of nitrogens with zero attached hydrogens (tertiary/aromatic N) is 1. The first-order valence-corrected chi connectivity index (χ1v) is 12.9. The van der Waals surface area contributed by atoms with Gasteiger partial charge in [0.1, 0.15) is 18.5 Å². The summed E-state index contributed by atoms with van der Waals surface area (Å²) in [5.74, 6) is 0.0197. The number of unbranched alkanes of at least 4 members (excludes halogenated alkanes) is 2. The number of aliphatic hydroxyl groups is 3. The van der Waals surface area contributed by atoms with Crippen LogP contribution in [0.4, 0.5) is 0 Å². The molecule has 1 aromatic carbocycles. The van der Waals surface area contributed by atoms with E-state index in [0.29, 0.717) is 55.8 Å². The minimum atomic E-state index is -0.874. The number of hydrogen-bond acceptors (Lipinski definition) is 8. The lowest BCUT2D eigenvalue weighted by molar-refractivity contribution is -0.757. The highest BCUT2D eigenvalue weighted by atomic mass is 35.5. The van der Waals surface area contributed by atoms with Crippen LogP contribution in [-0.2, 0) is 9.63 Å². The summed E-state index contributed by atoms with van der Waals surface area (Å²) in [5.41, 5.74) is 0. The van der Waals surface area contributed by atoms with Crippen molar-refractivity contribution in [1.82, 2.24) is 5.32 Å². The molecule has 1 fully saturated rings. The maximum Gasteiger partial charge on any atom is 0.294 e. The van der Waals surface area contributed by atoms with E-state index in [-0.39, 0.29) is 37.4 Å². The molecule has 0 radical (unpaired) electrons. The first-order valence-electron chi connectivity index (χ1n) is 12.6. The van der Waals surface area contributed by atoms with Gasteiger partial charge in [0, 0.05) is 30.3 Å². The number of ether oxygens (including phenoxy) is 1. The van der Waals surface area contributed by atoms with Gasteiger partial charge in [-0.3, -0.25) is 4.79 Å². The predicted octanol–water partition coefficient (Wildman–Crippen LogP) is 3.22. The SMILES string of the molecule is O=C(CCC/C=C\C[C@@H]1[C@@H](/C=C/[C@@H](O)COc2cccc(Cl)c2)[C@H](O)C[C@@H]1O)NCCCCO[N+](=O)[O-]. The van der Waals surface area contributed by atoms with Gasteiger partial charge in [-0.15, -0.1) is 10.1 Å². The Labute approximate surface area is 222 Å². The summed E-state index contributed by atoms with van der Waals surface area (Å²) in [7, 11) is 0. The van der Waals surface area contributed by atoms with Crippen molar-refractivity contribution in [3.63, 3.8) is 0 Å². The molecule has 5 atom stereocenters. The average Bonchev–Trinajstić information content (AvgIpc) is 3.12. The van der Waals surface area contributed by atoms with Crippen LogP contribution in [0.25, 0.3) is 0 Å². The Morgan fingerprint density at radius 1 is 1.24 bits per heavy atom.